The molecule has 2 rings (SSSR count). The van der Waals surface area contributed by atoms with Crippen LogP contribution < -0.4 is 10.6 Å². The molecule has 0 heterocycles. The minimum atomic E-state index is 0.281. The molecule has 0 bridgehead atoms. The van der Waals surface area contributed by atoms with E-state index in [2.05, 4.69) is 41.8 Å². The number of rotatable bonds is 5. The van der Waals surface area contributed by atoms with E-state index in [0.717, 1.165) is 18.5 Å². The van der Waals surface area contributed by atoms with Crippen LogP contribution in [-0.2, 0) is 6.42 Å². The SMILES string of the molecule is C[C@H](CCc1ccccc1)NC(=S)Nc1ccc(Cl)c(Cl)c1. The molecule has 2 aromatic rings. The molecule has 0 aliphatic carbocycles. The lowest BCUT2D eigenvalue weighted by molar-refractivity contribution is 0.609. The molecule has 0 spiro atoms. The normalized spacial score (nSPS) is 11.8. The summed E-state index contributed by atoms with van der Waals surface area (Å²) in [6, 6.07) is 16.0. The van der Waals surface area contributed by atoms with Gasteiger partial charge in [0.15, 0.2) is 5.11 Å². The van der Waals surface area contributed by atoms with Crippen molar-refractivity contribution in [2.75, 3.05) is 5.32 Å². The van der Waals surface area contributed by atoms with Crippen LogP contribution in [0.25, 0.3) is 0 Å². The highest BCUT2D eigenvalue weighted by atomic mass is 35.5. The molecule has 5 heteroatoms. The van der Waals surface area contributed by atoms with Crippen LogP contribution in [0.3, 0.4) is 0 Å². The predicted octanol–water partition coefficient (Wildman–Crippen LogP) is 5.30. The minimum absolute atomic E-state index is 0.281. The van der Waals surface area contributed by atoms with Gasteiger partial charge in [-0.3, -0.25) is 0 Å². The average molecular weight is 353 g/mol. The molecule has 0 radical (unpaired) electrons. The van der Waals surface area contributed by atoms with E-state index in [1.807, 2.05) is 12.1 Å². The van der Waals surface area contributed by atoms with Gasteiger partial charge in [0.25, 0.3) is 0 Å². The van der Waals surface area contributed by atoms with Crippen molar-refractivity contribution in [2.45, 2.75) is 25.8 Å². The van der Waals surface area contributed by atoms with Gasteiger partial charge in [0.05, 0.1) is 10.0 Å². The molecule has 0 saturated heterocycles. The average Bonchev–Trinajstić information content (AvgIpc) is 2.50. The van der Waals surface area contributed by atoms with Gasteiger partial charge in [-0.25, -0.2) is 0 Å². The van der Waals surface area contributed by atoms with E-state index in [4.69, 9.17) is 35.4 Å². The monoisotopic (exact) mass is 352 g/mol. The maximum atomic E-state index is 5.98. The Kier molecular flexibility index (Phi) is 6.49. The van der Waals surface area contributed by atoms with E-state index in [9.17, 15) is 0 Å². The lowest BCUT2D eigenvalue weighted by Crippen LogP contribution is -2.36. The van der Waals surface area contributed by atoms with Gasteiger partial charge in [-0.1, -0.05) is 53.5 Å². The molecule has 1 atom stereocenters. The number of hydrogen-bond acceptors (Lipinski definition) is 1. The Labute approximate surface area is 146 Å². The zero-order chi connectivity index (χ0) is 15.9. The van der Waals surface area contributed by atoms with Crippen molar-refractivity contribution in [3.8, 4) is 0 Å². The van der Waals surface area contributed by atoms with Crippen LogP contribution in [0.1, 0.15) is 18.9 Å². The molecular weight excluding hydrogens is 335 g/mol. The Morgan fingerprint density at radius 2 is 1.82 bits per heavy atom. The summed E-state index contributed by atoms with van der Waals surface area (Å²) in [4.78, 5) is 0. The van der Waals surface area contributed by atoms with Crippen molar-refractivity contribution in [2.24, 2.45) is 0 Å². The van der Waals surface area contributed by atoms with Crippen LogP contribution >= 0.6 is 35.4 Å². The summed E-state index contributed by atoms with van der Waals surface area (Å²) < 4.78 is 0. The Morgan fingerprint density at radius 3 is 2.50 bits per heavy atom. The zero-order valence-corrected chi connectivity index (χ0v) is 14.6. The highest BCUT2D eigenvalue weighted by Crippen LogP contribution is 2.24. The highest BCUT2D eigenvalue weighted by Gasteiger charge is 2.06. The zero-order valence-electron chi connectivity index (χ0n) is 12.3. The van der Waals surface area contributed by atoms with Crippen molar-refractivity contribution in [3.05, 3.63) is 64.1 Å². The largest absolute Gasteiger partial charge is 0.360 e. The number of aryl methyl sites for hydroxylation is 1. The number of benzene rings is 2. The molecule has 0 aliphatic heterocycles. The molecule has 0 saturated carbocycles. The van der Waals surface area contributed by atoms with Gasteiger partial charge in [-0.05, 0) is 55.7 Å². The van der Waals surface area contributed by atoms with E-state index in [-0.39, 0.29) is 6.04 Å². The first-order valence-electron chi connectivity index (χ1n) is 7.11. The van der Waals surface area contributed by atoms with Crippen LogP contribution in [0.5, 0.6) is 0 Å². The van der Waals surface area contributed by atoms with Crippen molar-refractivity contribution in [1.82, 2.24) is 5.32 Å². The second-order valence-electron chi connectivity index (χ2n) is 5.15. The predicted molar refractivity (Wildman–Crippen MR) is 100 cm³/mol. The maximum Gasteiger partial charge on any atom is 0.170 e. The number of thiocarbonyl (C=S) groups is 1. The van der Waals surface area contributed by atoms with Crippen LogP contribution in [0, 0.1) is 0 Å². The Balaban J connectivity index is 1.79. The van der Waals surface area contributed by atoms with Gasteiger partial charge in [0, 0.05) is 11.7 Å². The first kappa shape index (κ1) is 17.1. The fraction of sp³-hybridized carbons (Fsp3) is 0.235. The maximum absolute atomic E-state index is 5.98. The summed E-state index contributed by atoms with van der Waals surface area (Å²) >= 11 is 17.2. The summed E-state index contributed by atoms with van der Waals surface area (Å²) in [6.45, 7) is 2.12. The van der Waals surface area contributed by atoms with E-state index >= 15 is 0 Å². The summed E-state index contributed by atoms with van der Waals surface area (Å²) in [6.07, 6.45) is 2.03. The number of anilines is 1. The first-order valence-corrected chi connectivity index (χ1v) is 8.27. The van der Waals surface area contributed by atoms with Crippen molar-refractivity contribution < 1.29 is 0 Å². The highest BCUT2D eigenvalue weighted by molar-refractivity contribution is 7.80. The Bertz CT molecular complexity index is 632. The minimum Gasteiger partial charge on any atom is -0.360 e. The molecule has 2 N–H and O–H groups in total. The van der Waals surface area contributed by atoms with Gasteiger partial charge in [-0.2, -0.15) is 0 Å². The standard InChI is InChI=1S/C17H18Cl2N2S/c1-12(7-8-13-5-3-2-4-6-13)20-17(22)21-14-9-10-15(18)16(19)11-14/h2-6,9-12H,7-8H2,1H3,(H2,20,21,22)/t12-/m1/s1. The van der Waals surface area contributed by atoms with E-state index in [1.165, 1.54) is 5.56 Å². The summed E-state index contributed by atoms with van der Waals surface area (Å²) in [5.74, 6) is 0. The quantitative estimate of drug-likeness (QED) is 0.713. The fourth-order valence-corrected chi connectivity index (χ4v) is 2.68. The molecule has 116 valence electrons. The van der Waals surface area contributed by atoms with Gasteiger partial charge in [0.1, 0.15) is 0 Å². The van der Waals surface area contributed by atoms with Crippen LogP contribution in [0.4, 0.5) is 5.69 Å². The molecular formula is C17H18Cl2N2S. The van der Waals surface area contributed by atoms with Crippen LogP contribution in [-0.4, -0.2) is 11.2 Å². The van der Waals surface area contributed by atoms with Gasteiger partial charge in [-0.15, -0.1) is 0 Å². The molecule has 0 fully saturated rings. The van der Waals surface area contributed by atoms with Gasteiger partial charge >= 0.3 is 0 Å². The smallest absolute Gasteiger partial charge is 0.170 e. The van der Waals surface area contributed by atoms with E-state index < -0.39 is 0 Å². The lowest BCUT2D eigenvalue weighted by atomic mass is 10.1. The van der Waals surface area contributed by atoms with Crippen molar-refractivity contribution in [3.63, 3.8) is 0 Å². The van der Waals surface area contributed by atoms with E-state index in [1.54, 1.807) is 12.1 Å². The van der Waals surface area contributed by atoms with E-state index in [0.29, 0.717) is 15.2 Å². The number of halogens is 2. The summed E-state index contributed by atoms with van der Waals surface area (Å²) in [7, 11) is 0. The number of hydrogen-bond donors (Lipinski definition) is 2. The molecule has 0 aromatic heterocycles. The Hall–Kier alpha value is -1.29. The van der Waals surface area contributed by atoms with Crippen LogP contribution in [0.2, 0.25) is 10.0 Å². The molecule has 0 unspecified atom stereocenters. The number of nitrogens with one attached hydrogen (secondary N) is 2. The van der Waals surface area contributed by atoms with Gasteiger partial charge < -0.3 is 10.6 Å². The molecule has 0 aliphatic rings. The second-order valence-corrected chi connectivity index (χ2v) is 6.38. The third-order valence-electron chi connectivity index (χ3n) is 3.26. The van der Waals surface area contributed by atoms with Crippen molar-refractivity contribution in [1.29, 1.82) is 0 Å². The third-order valence-corrected chi connectivity index (χ3v) is 4.22. The lowest BCUT2D eigenvalue weighted by Gasteiger charge is -2.17. The Morgan fingerprint density at radius 1 is 1.09 bits per heavy atom. The molecule has 2 aromatic carbocycles. The topological polar surface area (TPSA) is 24.1 Å². The van der Waals surface area contributed by atoms with Gasteiger partial charge in [0.2, 0.25) is 0 Å². The second kappa shape index (κ2) is 8.37. The van der Waals surface area contributed by atoms with Crippen molar-refractivity contribution >= 4 is 46.2 Å². The molecule has 2 nitrogen and oxygen atoms in total. The van der Waals surface area contributed by atoms with Crippen LogP contribution in [0.15, 0.2) is 48.5 Å². The first-order chi connectivity index (χ1) is 10.5. The summed E-state index contributed by atoms with van der Waals surface area (Å²) in [5, 5.41) is 8.01. The summed E-state index contributed by atoms with van der Waals surface area (Å²) in [5.41, 5.74) is 2.15. The fourth-order valence-electron chi connectivity index (χ4n) is 2.06. The third kappa shape index (κ3) is 5.48. The molecule has 22 heavy (non-hydrogen) atoms. The molecule has 0 amide bonds.